The number of rotatable bonds is 6. The molecule has 2 amide bonds. The summed E-state index contributed by atoms with van der Waals surface area (Å²) in [4.78, 5) is 59.0. The van der Waals surface area contributed by atoms with Crippen molar-refractivity contribution in [3.8, 4) is 0 Å². The van der Waals surface area contributed by atoms with Gasteiger partial charge in [-0.05, 0) is 56.2 Å². The van der Waals surface area contributed by atoms with Crippen molar-refractivity contribution in [2.45, 2.75) is 32.9 Å². The fourth-order valence-corrected chi connectivity index (χ4v) is 6.05. The molecular weight excluding hydrogens is 534 g/mol. The molecule has 3 atom stereocenters. The summed E-state index contributed by atoms with van der Waals surface area (Å²) < 4.78 is 5.21. The molecule has 3 heterocycles. The van der Waals surface area contributed by atoms with E-state index >= 15 is 0 Å². The zero-order chi connectivity index (χ0) is 27.3. The number of nitrogens with zero attached hydrogens (tertiary/aromatic N) is 3. The number of carbonyl (C=O) groups is 3. The van der Waals surface area contributed by atoms with Crippen LogP contribution in [0.2, 0.25) is 5.02 Å². The van der Waals surface area contributed by atoms with Crippen LogP contribution in [-0.2, 0) is 19.2 Å². The molecule has 0 N–H and O–H groups in total. The second-order valence-corrected chi connectivity index (χ2v) is 10.5. The lowest BCUT2D eigenvalue weighted by Crippen LogP contribution is -2.37. The van der Waals surface area contributed by atoms with Crippen molar-refractivity contribution in [3.05, 3.63) is 85.2 Å². The van der Waals surface area contributed by atoms with Gasteiger partial charge in [0.25, 0.3) is 11.6 Å². The van der Waals surface area contributed by atoms with Crippen molar-refractivity contribution in [1.29, 1.82) is 0 Å². The smallest absolute Gasteiger partial charge is 0.341 e. The van der Waals surface area contributed by atoms with Gasteiger partial charge in [-0.1, -0.05) is 23.7 Å². The summed E-state index contributed by atoms with van der Waals surface area (Å²) >= 11 is 7.21. The monoisotopic (exact) mass is 555 g/mol. The Morgan fingerprint density at radius 2 is 1.76 bits per heavy atom. The summed E-state index contributed by atoms with van der Waals surface area (Å²) in [6.45, 7) is 5.36. The molecule has 2 saturated heterocycles. The van der Waals surface area contributed by atoms with Crippen LogP contribution in [-0.4, -0.2) is 35.4 Å². The Morgan fingerprint density at radius 3 is 2.37 bits per heavy atom. The maximum Gasteiger partial charge on any atom is 0.341 e. The molecule has 2 fully saturated rings. The van der Waals surface area contributed by atoms with Crippen molar-refractivity contribution < 1.29 is 28.9 Å². The highest BCUT2D eigenvalue weighted by Crippen LogP contribution is 2.49. The molecule has 5 rings (SSSR count). The fourth-order valence-electron chi connectivity index (χ4n) is 4.77. The molecule has 0 unspecified atom stereocenters. The van der Waals surface area contributed by atoms with Crippen LogP contribution in [0.25, 0.3) is 0 Å². The fraction of sp³-hybridized carbons (Fsp3) is 0.269. The third-order valence-corrected chi connectivity index (χ3v) is 8.14. The Balaban J connectivity index is 1.59. The number of carbonyl (C=O) groups excluding carboxylic acids is 3. The Bertz CT molecular complexity index is 1450. The predicted molar refractivity (Wildman–Crippen MR) is 140 cm³/mol. The first-order chi connectivity index (χ1) is 18.1. The number of ether oxygens (including phenoxy) is 1. The number of imide groups is 1. The van der Waals surface area contributed by atoms with E-state index in [9.17, 15) is 24.5 Å². The number of hydroxylamine groups is 1. The number of benzene rings is 2. The van der Waals surface area contributed by atoms with Crippen LogP contribution < -0.4 is 9.96 Å². The van der Waals surface area contributed by atoms with E-state index in [-0.39, 0.29) is 22.9 Å². The average Bonchev–Trinajstić information content (AvgIpc) is 3.50. The van der Waals surface area contributed by atoms with Gasteiger partial charge < -0.3 is 4.74 Å². The topological polar surface area (TPSA) is 119 Å². The number of anilines is 2. The molecular formula is C26H22ClN3O7S. The number of thiophene rings is 1. The van der Waals surface area contributed by atoms with Crippen LogP contribution in [0.5, 0.6) is 0 Å². The number of nitro benzene ring substituents is 1. The molecule has 0 aliphatic carbocycles. The van der Waals surface area contributed by atoms with E-state index in [1.54, 1.807) is 57.2 Å². The molecule has 196 valence electrons. The maximum atomic E-state index is 14.0. The maximum absolute atomic E-state index is 14.0. The van der Waals surface area contributed by atoms with Crippen LogP contribution in [0, 0.1) is 29.9 Å². The summed E-state index contributed by atoms with van der Waals surface area (Å²) in [7, 11) is 0. The van der Waals surface area contributed by atoms with Gasteiger partial charge in [-0.15, -0.1) is 11.3 Å². The van der Waals surface area contributed by atoms with Crippen LogP contribution in [0.1, 0.15) is 39.3 Å². The molecule has 0 saturated carbocycles. The number of fused-ring (bicyclic) bond motifs is 1. The number of halogens is 1. The Morgan fingerprint density at radius 1 is 1.11 bits per heavy atom. The number of non-ortho nitro benzene ring substituents is 1. The summed E-state index contributed by atoms with van der Waals surface area (Å²) in [6.07, 6.45) is -1.17. The summed E-state index contributed by atoms with van der Waals surface area (Å²) in [5.74, 6) is -2.73. The van der Waals surface area contributed by atoms with Gasteiger partial charge in [0, 0.05) is 22.0 Å². The van der Waals surface area contributed by atoms with E-state index in [2.05, 4.69) is 0 Å². The van der Waals surface area contributed by atoms with E-state index in [1.807, 2.05) is 0 Å². The molecule has 38 heavy (non-hydrogen) atoms. The molecule has 3 aromatic rings. The van der Waals surface area contributed by atoms with E-state index in [1.165, 1.54) is 17.2 Å². The third-order valence-electron chi connectivity index (χ3n) is 6.69. The zero-order valence-electron chi connectivity index (χ0n) is 20.5. The van der Waals surface area contributed by atoms with E-state index in [0.717, 1.165) is 21.1 Å². The van der Waals surface area contributed by atoms with Gasteiger partial charge >= 0.3 is 5.97 Å². The number of aryl methyl sites for hydroxylation is 1. The molecule has 2 aromatic carbocycles. The number of nitro groups is 1. The van der Waals surface area contributed by atoms with E-state index in [4.69, 9.17) is 21.2 Å². The van der Waals surface area contributed by atoms with Crippen molar-refractivity contribution in [3.63, 3.8) is 0 Å². The largest absolute Gasteiger partial charge is 0.462 e. The second-order valence-electron chi connectivity index (χ2n) is 8.84. The van der Waals surface area contributed by atoms with Crippen molar-refractivity contribution in [2.24, 2.45) is 5.92 Å². The molecule has 2 aliphatic rings. The number of hydrogen-bond donors (Lipinski definition) is 0. The second kappa shape index (κ2) is 9.82. The van der Waals surface area contributed by atoms with E-state index in [0.29, 0.717) is 21.8 Å². The minimum atomic E-state index is -1.17. The number of esters is 1. The first-order valence-corrected chi connectivity index (χ1v) is 12.9. The molecule has 0 radical (unpaired) electrons. The van der Waals surface area contributed by atoms with Gasteiger partial charge in [0.15, 0.2) is 6.10 Å². The third kappa shape index (κ3) is 4.12. The number of hydrogen-bond acceptors (Lipinski definition) is 9. The summed E-state index contributed by atoms with van der Waals surface area (Å²) in [6, 6.07) is 11.7. The molecule has 12 heteroatoms. The van der Waals surface area contributed by atoms with Crippen LogP contribution >= 0.6 is 22.9 Å². The first kappa shape index (κ1) is 25.8. The summed E-state index contributed by atoms with van der Waals surface area (Å²) in [5, 5.41) is 13.4. The molecule has 0 spiro atoms. The highest BCUT2D eigenvalue weighted by Gasteiger charge is 2.61. The van der Waals surface area contributed by atoms with Crippen LogP contribution in [0.3, 0.4) is 0 Å². The van der Waals surface area contributed by atoms with Crippen LogP contribution in [0.15, 0.2) is 48.5 Å². The zero-order valence-corrected chi connectivity index (χ0v) is 22.1. The van der Waals surface area contributed by atoms with Gasteiger partial charge in [0.05, 0.1) is 28.8 Å². The standard InChI is InChI=1S/C26H22ClN3O7S/c1-4-36-26(33)19-13(2)14(3)38-25(19)28-23(31)20-21(15-5-9-18(10-6-15)30(34)35)29(37-22(20)24(28)32)17-11-7-16(27)8-12-17/h5-12,20-22H,4H2,1-3H3/t20-,21-,22-/m0/s1. The van der Waals surface area contributed by atoms with E-state index < -0.39 is 40.8 Å². The molecule has 1 aromatic heterocycles. The van der Waals surface area contributed by atoms with Crippen molar-refractivity contribution in [1.82, 2.24) is 0 Å². The van der Waals surface area contributed by atoms with Crippen LogP contribution in [0.4, 0.5) is 16.4 Å². The Labute approximate surface area is 226 Å². The molecule has 2 aliphatic heterocycles. The van der Waals surface area contributed by atoms with Gasteiger partial charge in [0.1, 0.15) is 10.9 Å². The lowest BCUT2D eigenvalue weighted by atomic mass is 9.90. The quantitative estimate of drug-likeness (QED) is 0.177. The number of amides is 2. The van der Waals surface area contributed by atoms with Gasteiger partial charge in [0.2, 0.25) is 5.91 Å². The molecule has 10 nitrogen and oxygen atoms in total. The lowest BCUT2D eigenvalue weighted by molar-refractivity contribution is -0.384. The predicted octanol–water partition coefficient (Wildman–Crippen LogP) is 5.15. The van der Waals surface area contributed by atoms with Gasteiger partial charge in [-0.3, -0.25) is 24.5 Å². The minimum absolute atomic E-state index is 0.110. The lowest BCUT2D eigenvalue weighted by Gasteiger charge is -2.28. The Hall–Kier alpha value is -3.80. The normalized spacial score (nSPS) is 20.7. The van der Waals surface area contributed by atoms with Gasteiger partial charge in [-0.25, -0.2) is 14.8 Å². The Kier molecular flexibility index (Phi) is 6.68. The average molecular weight is 556 g/mol. The van der Waals surface area contributed by atoms with Crippen molar-refractivity contribution >= 4 is 57.1 Å². The van der Waals surface area contributed by atoms with Crippen molar-refractivity contribution in [2.75, 3.05) is 16.6 Å². The summed E-state index contributed by atoms with van der Waals surface area (Å²) in [5.41, 5.74) is 1.80. The SMILES string of the molecule is CCOC(=O)c1c(N2C(=O)[C@@H]3[C@H](ON(c4ccc(Cl)cc4)[C@H]3c3ccc([N+](=O)[O-])cc3)C2=O)sc(C)c1C. The highest BCUT2D eigenvalue weighted by molar-refractivity contribution is 7.17. The molecule has 0 bridgehead atoms. The van der Waals surface area contributed by atoms with Gasteiger partial charge in [-0.2, -0.15) is 0 Å². The minimum Gasteiger partial charge on any atom is -0.462 e. The first-order valence-electron chi connectivity index (χ1n) is 11.7. The highest BCUT2D eigenvalue weighted by atomic mass is 35.5.